The molecule has 0 unspecified atom stereocenters. The maximum absolute atomic E-state index is 12.2. The zero-order valence-corrected chi connectivity index (χ0v) is 13.4. The molecule has 0 aromatic heterocycles. The van der Waals surface area contributed by atoms with Gasteiger partial charge in [-0.15, -0.1) is 4.91 Å². The molecule has 0 spiro atoms. The smallest absolute Gasteiger partial charge is 0.252 e. The summed E-state index contributed by atoms with van der Waals surface area (Å²) in [4.78, 5) is 24.2. The lowest BCUT2D eigenvalue weighted by atomic mass is 10.1. The first kappa shape index (κ1) is 16.4. The molecule has 1 amide bonds. The molecule has 0 aliphatic carbocycles. The van der Waals surface area contributed by atoms with Crippen molar-refractivity contribution < 1.29 is 9.28 Å². The molecule has 2 aliphatic heterocycles. The van der Waals surface area contributed by atoms with Gasteiger partial charge < -0.3 is 14.7 Å². The number of carbonyl (C=O) groups excluding carboxylic acids is 1. The SMILES string of the molecule is CN1C=C(C(=O)NCC[N+]2(C)CCCCC2)C=C/C1=C/N=O. The summed E-state index contributed by atoms with van der Waals surface area (Å²) in [5.41, 5.74) is 1.25. The van der Waals surface area contributed by atoms with Gasteiger partial charge in [0.2, 0.25) is 0 Å². The van der Waals surface area contributed by atoms with Crippen LogP contribution in [0.25, 0.3) is 0 Å². The second-order valence-corrected chi connectivity index (χ2v) is 6.29. The Hall–Kier alpha value is -1.95. The van der Waals surface area contributed by atoms with E-state index in [0.29, 0.717) is 17.8 Å². The Bertz CT molecular complexity index is 516. The number of carbonyl (C=O) groups is 1. The van der Waals surface area contributed by atoms with Crippen LogP contribution in [0.5, 0.6) is 0 Å². The summed E-state index contributed by atoms with van der Waals surface area (Å²) in [6, 6.07) is 0. The van der Waals surface area contributed by atoms with Crippen LogP contribution in [0.1, 0.15) is 19.3 Å². The van der Waals surface area contributed by atoms with Gasteiger partial charge in [0.1, 0.15) is 0 Å². The number of hydrogen-bond donors (Lipinski definition) is 1. The van der Waals surface area contributed by atoms with Crippen molar-refractivity contribution in [3.05, 3.63) is 40.7 Å². The number of nitrogens with one attached hydrogen (secondary N) is 1. The molecule has 22 heavy (non-hydrogen) atoms. The van der Waals surface area contributed by atoms with Gasteiger partial charge in [-0.05, 0) is 36.6 Å². The first-order valence-electron chi connectivity index (χ1n) is 7.81. The summed E-state index contributed by atoms with van der Waals surface area (Å²) < 4.78 is 1.05. The van der Waals surface area contributed by atoms with Gasteiger partial charge >= 0.3 is 0 Å². The van der Waals surface area contributed by atoms with E-state index in [0.717, 1.165) is 11.0 Å². The first-order valence-corrected chi connectivity index (χ1v) is 7.81. The molecular weight excluding hydrogens is 280 g/mol. The highest BCUT2D eigenvalue weighted by molar-refractivity contribution is 5.96. The molecule has 2 aliphatic rings. The average Bonchev–Trinajstić information content (AvgIpc) is 2.50. The normalized spacial score (nSPS) is 22.4. The second-order valence-electron chi connectivity index (χ2n) is 6.29. The van der Waals surface area contributed by atoms with Gasteiger partial charge in [-0.1, -0.05) is 0 Å². The number of nitroso groups, excluding NO2 is 1. The van der Waals surface area contributed by atoms with Crippen molar-refractivity contribution in [2.24, 2.45) is 5.18 Å². The first-order chi connectivity index (χ1) is 10.5. The van der Waals surface area contributed by atoms with E-state index in [1.807, 2.05) is 0 Å². The predicted molar refractivity (Wildman–Crippen MR) is 86.5 cm³/mol. The van der Waals surface area contributed by atoms with E-state index < -0.39 is 0 Å². The molecule has 2 heterocycles. The topological polar surface area (TPSA) is 61.8 Å². The van der Waals surface area contributed by atoms with E-state index in [-0.39, 0.29) is 5.91 Å². The van der Waals surface area contributed by atoms with Gasteiger partial charge in [-0.25, -0.2) is 0 Å². The highest BCUT2D eigenvalue weighted by atomic mass is 16.2. The van der Waals surface area contributed by atoms with Crippen LogP contribution in [0.2, 0.25) is 0 Å². The van der Waals surface area contributed by atoms with E-state index in [9.17, 15) is 9.70 Å². The zero-order valence-electron chi connectivity index (χ0n) is 13.4. The predicted octanol–water partition coefficient (Wildman–Crippen LogP) is 1.73. The summed E-state index contributed by atoms with van der Waals surface area (Å²) in [5.74, 6) is -0.0789. The van der Waals surface area contributed by atoms with Crippen LogP contribution in [0.15, 0.2) is 41.0 Å². The number of piperidine rings is 1. The van der Waals surface area contributed by atoms with Crippen molar-refractivity contribution in [1.82, 2.24) is 10.2 Å². The minimum absolute atomic E-state index is 0.0789. The lowest BCUT2D eigenvalue weighted by molar-refractivity contribution is -0.912. The zero-order chi connectivity index (χ0) is 16.0. The Balaban J connectivity index is 1.83. The van der Waals surface area contributed by atoms with Crippen molar-refractivity contribution in [3.63, 3.8) is 0 Å². The highest BCUT2D eigenvalue weighted by Crippen LogP contribution is 2.16. The third-order valence-electron chi connectivity index (χ3n) is 4.45. The van der Waals surface area contributed by atoms with Crippen molar-refractivity contribution in [2.75, 3.05) is 40.3 Å². The van der Waals surface area contributed by atoms with Crippen LogP contribution in [-0.4, -0.2) is 55.6 Å². The molecule has 120 valence electrons. The van der Waals surface area contributed by atoms with Crippen LogP contribution in [0, 0.1) is 4.91 Å². The molecule has 0 atom stereocenters. The maximum atomic E-state index is 12.2. The molecule has 0 bridgehead atoms. The van der Waals surface area contributed by atoms with E-state index >= 15 is 0 Å². The summed E-state index contributed by atoms with van der Waals surface area (Å²) in [5, 5.41) is 5.74. The molecule has 6 heteroatoms. The van der Waals surface area contributed by atoms with Gasteiger partial charge in [0.15, 0.2) is 0 Å². The van der Waals surface area contributed by atoms with E-state index in [1.165, 1.54) is 38.6 Å². The van der Waals surface area contributed by atoms with Crippen molar-refractivity contribution >= 4 is 5.91 Å². The molecule has 1 saturated heterocycles. The molecule has 0 saturated carbocycles. The van der Waals surface area contributed by atoms with Crippen LogP contribution >= 0.6 is 0 Å². The van der Waals surface area contributed by atoms with E-state index in [2.05, 4.69) is 17.5 Å². The molecular formula is C16H25N4O2+. The largest absolute Gasteiger partial charge is 0.349 e. The Morgan fingerprint density at radius 1 is 1.36 bits per heavy atom. The van der Waals surface area contributed by atoms with E-state index in [1.54, 1.807) is 30.3 Å². The monoisotopic (exact) mass is 305 g/mol. The number of likely N-dealkylation sites (tertiary alicyclic amines) is 1. The maximum Gasteiger partial charge on any atom is 0.252 e. The van der Waals surface area contributed by atoms with Gasteiger partial charge in [0, 0.05) is 13.2 Å². The quantitative estimate of drug-likeness (QED) is 0.621. The molecule has 0 radical (unpaired) electrons. The number of likely N-dealkylation sites (N-methyl/N-ethyl adjacent to an activating group) is 2. The molecule has 0 aromatic carbocycles. The van der Waals surface area contributed by atoms with Crippen molar-refractivity contribution in [2.45, 2.75) is 19.3 Å². The number of rotatable bonds is 5. The lowest BCUT2D eigenvalue weighted by Crippen LogP contribution is -2.51. The van der Waals surface area contributed by atoms with Gasteiger partial charge in [-0.2, -0.15) is 0 Å². The number of quaternary nitrogens is 1. The number of nitrogens with zero attached hydrogens (tertiary/aromatic N) is 3. The van der Waals surface area contributed by atoms with Crippen LogP contribution in [0.4, 0.5) is 0 Å². The number of amides is 1. The molecule has 0 aromatic rings. The molecule has 1 fully saturated rings. The minimum atomic E-state index is -0.0789. The van der Waals surface area contributed by atoms with Crippen molar-refractivity contribution in [1.29, 1.82) is 0 Å². The summed E-state index contributed by atoms with van der Waals surface area (Å²) >= 11 is 0. The summed E-state index contributed by atoms with van der Waals surface area (Å²) in [7, 11) is 4.05. The fourth-order valence-corrected chi connectivity index (χ4v) is 2.98. The van der Waals surface area contributed by atoms with Gasteiger partial charge in [-0.3, -0.25) is 4.79 Å². The summed E-state index contributed by atoms with van der Waals surface area (Å²) in [6.07, 6.45) is 10.3. The van der Waals surface area contributed by atoms with Crippen molar-refractivity contribution in [3.8, 4) is 0 Å². The minimum Gasteiger partial charge on any atom is -0.349 e. The average molecular weight is 305 g/mol. The molecule has 2 rings (SSSR count). The fraction of sp³-hybridized carbons (Fsp3) is 0.562. The Morgan fingerprint density at radius 2 is 2.09 bits per heavy atom. The lowest BCUT2D eigenvalue weighted by Gasteiger charge is -2.37. The third kappa shape index (κ3) is 4.27. The van der Waals surface area contributed by atoms with Crippen LogP contribution < -0.4 is 5.32 Å². The van der Waals surface area contributed by atoms with Gasteiger partial charge in [0.05, 0.1) is 50.7 Å². The number of hydrogen-bond acceptors (Lipinski definition) is 4. The fourth-order valence-electron chi connectivity index (χ4n) is 2.98. The third-order valence-corrected chi connectivity index (χ3v) is 4.45. The van der Waals surface area contributed by atoms with Crippen LogP contribution in [0.3, 0.4) is 0 Å². The summed E-state index contributed by atoms with van der Waals surface area (Å²) in [6.45, 7) is 4.06. The Morgan fingerprint density at radius 3 is 2.73 bits per heavy atom. The Labute approximate surface area is 131 Å². The molecule has 1 N–H and O–H groups in total. The van der Waals surface area contributed by atoms with Gasteiger partial charge in [0.25, 0.3) is 5.91 Å². The standard InChI is InChI=1S/C16H24N4O2/c1-19-13-14(6-7-15(19)12-18-22)16(21)17-8-11-20(2)9-4-3-5-10-20/h6-7,12-13H,3-5,8-11H2,1-2H3/p+1/b15-12-. The molecule has 6 nitrogen and oxygen atoms in total. The van der Waals surface area contributed by atoms with E-state index in [4.69, 9.17) is 0 Å². The van der Waals surface area contributed by atoms with Crippen LogP contribution in [-0.2, 0) is 4.79 Å². The second kappa shape index (κ2) is 7.35. The number of allylic oxidation sites excluding steroid dienone is 1. The Kier molecular flexibility index (Phi) is 5.49. The highest BCUT2D eigenvalue weighted by Gasteiger charge is 2.24.